The van der Waals surface area contributed by atoms with Crippen molar-refractivity contribution in [2.75, 3.05) is 12.8 Å². The second kappa shape index (κ2) is 5.64. The van der Waals surface area contributed by atoms with Gasteiger partial charge in [-0.05, 0) is 45.7 Å². The molecule has 0 radical (unpaired) electrons. The minimum absolute atomic E-state index is 0.0902. The molecule has 2 fully saturated rings. The van der Waals surface area contributed by atoms with Crippen LogP contribution in [0.3, 0.4) is 0 Å². The van der Waals surface area contributed by atoms with Gasteiger partial charge < -0.3 is 16.0 Å². The highest BCUT2D eigenvalue weighted by Crippen LogP contribution is 2.32. The molecule has 3 rings (SSSR count). The first kappa shape index (κ1) is 14.3. The quantitative estimate of drug-likeness (QED) is 0.869. The first-order valence-electron chi connectivity index (χ1n) is 7.79. The number of nitrogens with two attached hydrogens (primary N) is 1. The molecule has 3 N–H and O–H groups in total. The molecule has 2 unspecified atom stereocenters. The lowest BCUT2D eigenvalue weighted by Gasteiger charge is -2.47. The summed E-state index contributed by atoms with van der Waals surface area (Å²) in [6, 6.07) is 3.22. The summed E-state index contributed by atoms with van der Waals surface area (Å²) in [5.41, 5.74) is 7.76. The molecule has 0 spiro atoms. The molecular weight excluding hydrogens is 264 g/mol. The van der Waals surface area contributed by atoms with E-state index in [0.717, 1.165) is 18.5 Å². The highest BCUT2D eigenvalue weighted by molar-refractivity contribution is 5.99. The Kier molecular flexibility index (Phi) is 3.85. The van der Waals surface area contributed by atoms with Crippen LogP contribution in [0.25, 0.3) is 0 Å². The predicted octanol–water partition coefficient (Wildman–Crippen LogP) is 1.72. The molecule has 2 aliphatic heterocycles. The van der Waals surface area contributed by atoms with Crippen molar-refractivity contribution in [2.24, 2.45) is 0 Å². The zero-order chi connectivity index (χ0) is 15.0. The van der Waals surface area contributed by atoms with Gasteiger partial charge in [0.15, 0.2) is 0 Å². The largest absolute Gasteiger partial charge is 0.398 e. The molecule has 1 amide bonds. The van der Waals surface area contributed by atoms with Crippen LogP contribution >= 0.6 is 0 Å². The Morgan fingerprint density at radius 2 is 2.05 bits per heavy atom. The van der Waals surface area contributed by atoms with E-state index in [1.807, 2.05) is 6.92 Å². The standard InChI is InChI=1S/C16H24N4O/c1-10-6-15(17)14(9-18-10)16(21)19-11-7-12-4-3-5-13(8-11)20(12)2/h6,9,11-13H,3-5,7-8H2,1-2H3,(H2,17,18)(H,19,21). The monoisotopic (exact) mass is 288 g/mol. The molecule has 2 atom stereocenters. The lowest BCUT2D eigenvalue weighted by molar-refractivity contribution is 0.0463. The molecular formula is C16H24N4O. The molecule has 5 nitrogen and oxygen atoms in total. The van der Waals surface area contributed by atoms with Gasteiger partial charge in [0.05, 0.1) is 5.56 Å². The zero-order valence-corrected chi connectivity index (χ0v) is 12.8. The molecule has 0 aliphatic carbocycles. The summed E-state index contributed by atoms with van der Waals surface area (Å²) in [7, 11) is 2.22. The van der Waals surface area contributed by atoms with Gasteiger partial charge in [-0.3, -0.25) is 9.78 Å². The number of amides is 1. The lowest BCUT2D eigenvalue weighted by Crippen LogP contribution is -2.55. The van der Waals surface area contributed by atoms with Crippen LogP contribution in [0.1, 0.15) is 48.2 Å². The second-order valence-corrected chi connectivity index (χ2v) is 6.46. The lowest BCUT2D eigenvalue weighted by atomic mass is 9.82. The van der Waals surface area contributed by atoms with Crippen LogP contribution in [-0.4, -0.2) is 41.0 Å². The molecule has 5 heteroatoms. The van der Waals surface area contributed by atoms with E-state index in [0.29, 0.717) is 23.3 Å². The van der Waals surface area contributed by atoms with E-state index in [1.54, 1.807) is 12.3 Å². The van der Waals surface area contributed by atoms with Crippen LogP contribution < -0.4 is 11.1 Å². The number of aromatic nitrogens is 1. The molecule has 0 saturated carbocycles. The summed E-state index contributed by atoms with van der Waals surface area (Å²) in [6.45, 7) is 1.87. The van der Waals surface area contributed by atoms with E-state index in [-0.39, 0.29) is 11.9 Å². The van der Waals surface area contributed by atoms with Crippen molar-refractivity contribution in [3.8, 4) is 0 Å². The van der Waals surface area contributed by atoms with E-state index in [1.165, 1.54) is 19.3 Å². The Labute approximate surface area is 125 Å². The van der Waals surface area contributed by atoms with Gasteiger partial charge in [-0.15, -0.1) is 0 Å². The van der Waals surface area contributed by atoms with Crippen molar-refractivity contribution in [2.45, 2.75) is 57.2 Å². The van der Waals surface area contributed by atoms with Gasteiger partial charge in [0, 0.05) is 35.7 Å². The van der Waals surface area contributed by atoms with Gasteiger partial charge in [-0.2, -0.15) is 0 Å². The van der Waals surface area contributed by atoms with Crippen molar-refractivity contribution in [3.05, 3.63) is 23.5 Å². The Morgan fingerprint density at radius 1 is 1.38 bits per heavy atom. The Balaban J connectivity index is 1.68. The second-order valence-electron chi connectivity index (χ2n) is 6.46. The fraction of sp³-hybridized carbons (Fsp3) is 0.625. The number of hydrogen-bond donors (Lipinski definition) is 2. The van der Waals surface area contributed by atoms with Gasteiger partial charge >= 0.3 is 0 Å². The predicted molar refractivity (Wildman–Crippen MR) is 83.1 cm³/mol. The fourth-order valence-corrected chi connectivity index (χ4v) is 3.77. The van der Waals surface area contributed by atoms with Gasteiger partial charge in [0.1, 0.15) is 0 Å². The molecule has 0 aromatic carbocycles. The molecule has 21 heavy (non-hydrogen) atoms. The number of piperidine rings is 2. The third-order valence-electron chi connectivity index (χ3n) is 4.99. The molecule has 1 aromatic heterocycles. The molecule has 1 aromatic rings. The van der Waals surface area contributed by atoms with Gasteiger partial charge in [-0.25, -0.2) is 0 Å². The number of carbonyl (C=O) groups is 1. The van der Waals surface area contributed by atoms with Crippen LogP contribution in [0.5, 0.6) is 0 Å². The maximum Gasteiger partial charge on any atom is 0.255 e. The number of nitrogens with one attached hydrogen (secondary N) is 1. The third-order valence-corrected chi connectivity index (χ3v) is 4.99. The highest BCUT2D eigenvalue weighted by atomic mass is 16.1. The number of aryl methyl sites for hydroxylation is 1. The third kappa shape index (κ3) is 2.88. The minimum Gasteiger partial charge on any atom is -0.398 e. The molecule has 3 heterocycles. The Morgan fingerprint density at radius 3 is 2.67 bits per heavy atom. The molecule has 114 valence electrons. The van der Waals surface area contributed by atoms with Crippen molar-refractivity contribution in [1.82, 2.24) is 15.2 Å². The van der Waals surface area contributed by atoms with Gasteiger partial charge in [0.25, 0.3) is 5.91 Å². The van der Waals surface area contributed by atoms with Gasteiger partial charge in [-0.1, -0.05) is 6.42 Å². The maximum absolute atomic E-state index is 12.4. The summed E-state index contributed by atoms with van der Waals surface area (Å²) < 4.78 is 0. The van der Waals surface area contributed by atoms with Crippen molar-refractivity contribution >= 4 is 11.6 Å². The van der Waals surface area contributed by atoms with E-state index < -0.39 is 0 Å². The average Bonchev–Trinajstić information content (AvgIpc) is 2.39. The smallest absolute Gasteiger partial charge is 0.255 e. The number of pyridine rings is 1. The summed E-state index contributed by atoms with van der Waals surface area (Å²) >= 11 is 0. The van der Waals surface area contributed by atoms with Crippen molar-refractivity contribution in [3.63, 3.8) is 0 Å². The van der Waals surface area contributed by atoms with E-state index in [4.69, 9.17) is 5.73 Å². The van der Waals surface area contributed by atoms with Crippen LogP contribution in [0.15, 0.2) is 12.3 Å². The van der Waals surface area contributed by atoms with Crippen LogP contribution in [0.2, 0.25) is 0 Å². The number of anilines is 1. The zero-order valence-electron chi connectivity index (χ0n) is 12.8. The van der Waals surface area contributed by atoms with Crippen LogP contribution in [0.4, 0.5) is 5.69 Å². The normalized spacial score (nSPS) is 29.1. The topological polar surface area (TPSA) is 71.2 Å². The SMILES string of the molecule is Cc1cc(N)c(C(=O)NC2CC3CCCC(C2)N3C)cn1. The molecule has 2 aliphatic rings. The number of fused-ring (bicyclic) bond motifs is 2. The highest BCUT2D eigenvalue weighted by Gasteiger charge is 2.36. The fourth-order valence-electron chi connectivity index (χ4n) is 3.77. The van der Waals surface area contributed by atoms with Gasteiger partial charge in [0.2, 0.25) is 0 Å². The summed E-state index contributed by atoms with van der Waals surface area (Å²) in [5, 5.41) is 3.16. The minimum atomic E-state index is -0.0902. The molecule has 2 bridgehead atoms. The van der Waals surface area contributed by atoms with E-state index in [9.17, 15) is 4.79 Å². The van der Waals surface area contributed by atoms with Crippen LogP contribution in [-0.2, 0) is 0 Å². The number of hydrogen-bond acceptors (Lipinski definition) is 4. The van der Waals surface area contributed by atoms with Crippen LogP contribution in [0, 0.1) is 6.92 Å². The first-order valence-corrected chi connectivity index (χ1v) is 7.79. The van der Waals surface area contributed by atoms with E-state index in [2.05, 4.69) is 22.2 Å². The summed E-state index contributed by atoms with van der Waals surface area (Å²) in [6.07, 6.45) is 7.46. The maximum atomic E-state index is 12.4. The summed E-state index contributed by atoms with van der Waals surface area (Å²) in [5.74, 6) is -0.0902. The van der Waals surface area contributed by atoms with Crippen molar-refractivity contribution < 1.29 is 4.79 Å². The Bertz CT molecular complexity index is 531. The number of rotatable bonds is 2. The average molecular weight is 288 g/mol. The number of nitrogen functional groups attached to an aromatic ring is 1. The number of nitrogens with zero attached hydrogens (tertiary/aromatic N) is 2. The van der Waals surface area contributed by atoms with E-state index >= 15 is 0 Å². The molecule has 2 saturated heterocycles. The summed E-state index contributed by atoms with van der Waals surface area (Å²) in [4.78, 5) is 19.1. The van der Waals surface area contributed by atoms with Crippen molar-refractivity contribution in [1.29, 1.82) is 0 Å². The Hall–Kier alpha value is -1.62. The number of carbonyl (C=O) groups excluding carboxylic acids is 1. The first-order chi connectivity index (χ1) is 10.0.